The van der Waals surface area contributed by atoms with Gasteiger partial charge in [-0.25, -0.2) is 32.7 Å². The number of nitrogens with one attached hydrogen (secondary N) is 1. The minimum absolute atomic E-state index is 0.141. The fraction of sp³-hybridized carbons (Fsp3) is 0.364. The predicted molar refractivity (Wildman–Crippen MR) is 185 cm³/mol. The Kier molecular flexibility index (Phi) is 15.0. The van der Waals surface area contributed by atoms with Gasteiger partial charge in [0.05, 0.1) is 48.3 Å². The summed E-state index contributed by atoms with van der Waals surface area (Å²) in [5.74, 6) is -3.65. The van der Waals surface area contributed by atoms with Crippen LogP contribution in [-0.4, -0.2) is 87.9 Å². The molecule has 0 aliphatic carbocycles. The topological polar surface area (TPSA) is 220 Å². The van der Waals surface area contributed by atoms with E-state index in [9.17, 15) is 32.4 Å². The molecule has 0 saturated heterocycles. The van der Waals surface area contributed by atoms with Crippen molar-refractivity contribution in [2.75, 3.05) is 38.5 Å². The number of Topliss-reactive ketones (excluding diaryl/α,β-unsaturated/α-hetero) is 1. The number of halogens is 2. The van der Waals surface area contributed by atoms with Crippen LogP contribution in [0.15, 0.2) is 64.1 Å². The smallest absolute Gasteiger partial charge is 0.420 e. The molecule has 1 aromatic heterocycles. The Bertz CT molecular complexity index is 1860. The van der Waals surface area contributed by atoms with Gasteiger partial charge in [0.15, 0.2) is 5.78 Å². The van der Waals surface area contributed by atoms with Gasteiger partial charge >= 0.3 is 24.0 Å². The first kappa shape index (κ1) is 41.7. The summed E-state index contributed by atoms with van der Waals surface area (Å²) in [5.41, 5.74) is -0.632. The number of primary sulfonamides is 1. The molecule has 0 spiro atoms. The molecular weight excluding hydrogens is 749 g/mol. The van der Waals surface area contributed by atoms with Crippen molar-refractivity contribution in [3.8, 4) is 0 Å². The lowest BCUT2D eigenvalue weighted by Crippen LogP contribution is -2.53. The summed E-state index contributed by atoms with van der Waals surface area (Å²) in [6.07, 6.45) is 0.475. The van der Waals surface area contributed by atoms with E-state index in [-0.39, 0.29) is 48.2 Å². The Morgan fingerprint density at radius 2 is 1.58 bits per heavy atom. The van der Waals surface area contributed by atoms with Crippen LogP contribution < -0.4 is 10.5 Å². The van der Waals surface area contributed by atoms with E-state index >= 15 is 0 Å². The number of rotatable bonds is 16. The summed E-state index contributed by atoms with van der Waals surface area (Å²) in [4.78, 5) is 63.5. The molecule has 1 atom stereocenters. The van der Waals surface area contributed by atoms with Crippen molar-refractivity contribution < 1.29 is 60.5 Å². The molecule has 0 radical (unpaired) electrons. The van der Waals surface area contributed by atoms with E-state index in [1.54, 1.807) is 51.1 Å². The number of carbonyl (C=O) groups excluding carboxylic acids is 5. The maximum atomic E-state index is 13.0. The van der Waals surface area contributed by atoms with Gasteiger partial charge in [-0.2, -0.15) is 0 Å². The third kappa shape index (κ3) is 12.2. The van der Waals surface area contributed by atoms with Gasteiger partial charge in [-0.15, -0.1) is 0 Å². The number of esters is 3. The number of benzene rings is 2. The number of nitrogens with two attached hydrogens (primary N) is 1. The highest BCUT2D eigenvalue weighted by atomic mass is 35.5. The first-order chi connectivity index (χ1) is 24.4. The maximum Gasteiger partial charge on any atom is 0.420 e. The van der Waals surface area contributed by atoms with Gasteiger partial charge in [0, 0.05) is 16.1 Å². The van der Waals surface area contributed by atoms with Gasteiger partial charge < -0.3 is 33.4 Å². The number of ether oxygens (including phenoxy) is 5. The predicted octanol–water partition coefficient (Wildman–Crippen LogP) is 4.57. The largest absolute Gasteiger partial charge is 0.467 e. The summed E-state index contributed by atoms with van der Waals surface area (Å²) >= 11 is 12.1. The molecule has 19 heteroatoms. The second kappa shape index (κ2) is 18.7. The molecule has 0 bridgehead atoms. The number of nitrogens with zero attached hydrogens (tertiary/aromatic N) is 1. The fourth-order valence-corrected chi connectivity index (χ4v) is 5.87. The second-order valence-electron chi connectivity index (χ2n) is 11.7. The van der Waals surface area contributed by atoms with E-state index in [2.05, 4.69) is 10.1 Å². The number of amides is 1. The average Bonchev–Trinajstić information content (AvgIpc) is 3.59. The fourth-order valence-electron chi connectivity index (χ4n) is 4.58. The van der Waals surface area contributed by atoms with Gasteiger partial charge in [0.25, 0.3) is 0 Å². The molecule has 1 heterocycles. The lowest BCUT2D eigenvalue weighted by atomic mass is 9.98. The number of sulfonamides is 1. The zero-order valence-electron chi connectivity index (χ0n) is 28.5. The SMILES string of the molecule is CC(C(=O)c1cccc(Cl)c1)N(C(=O)OCOC(=O)C(=O)OCCOCCOC(=O)c1cc(S(N)(=O)=O)c(Cl)cc1NCc1ccco1)C(C)(C)C. The Labute approximate surface area is 309 Å². The van der Waals surface area contributed by atoms with Gasteiger partial charge in [-0.1, -0.05) is 35.3 Å². The van der Waals surface area contributed by atoms with Crippen molar-refractivity contribution in [1.82, 2.24) is 4.90 Å². The van der Waals surface area contributed by atoms with E-state index in [0.29, 0.717) is 10.8 Å². The Balaban J connectivity index is 1.41. The molecule has 0 aliphatic rings. The molecule has 0 saturated carbocycles. The number of carbonyl (C=O) groups is 5. The minimum Gasteiger partial charge on any atom is -0.467 e. The van der Waals surface area contributed by atoms with Gasteiger partial charge in [0.1, 0.15) is 23.9 Å². The van der Waals surface area contributed by atoms with Gasteiger partial charge in [-0.3, -0.25) is 9.69 Å². The number of furan rings is 1. The molecule has 0 fully saturated rings. The van der Waals surface area contributed by atoms with Crippen molar-refractivity contribution in [2.45, 2.75) is 50.7 Å². The summed E-state index contributed by atoms with van der Waals surface area (Å²) in [7, 11) is -4.27. The highest BCUT2D eigenvalue weighted by Gasteiger charge is 2.36. The van der Waals surface area contributed by atoms with Crippen LogP contribution in [0.3, 0.4) is 0 Å². The molecule has 16 nitrogen and oxygen atoms in total. The zero-order valence-corrected chi connectivity index (χ0v) is 30.8. The van der Waals surface area contributed by atoms with Crippen LogP contribution >= 0.6 is 23.2 Å². The highest BCUT2D eigenvalue weighted by molar-refractivity contribution is 7.89. The third-order valence-electron chi connectivity index (χ3n) is 6.89. The van der Waals surface area contributed by atoms with Crippen LogP contribution in [0.4, 0.5) is 10.5 Å². The Morgan fingerprint density at radius 1 is 0.904 bits per heavy atom. The van der Waals surface area contributed by atoms with Crippen molar-refractivity contribution in [3.63, 3.8) is 0 Å². The third-order valence-corrected chi connectivity index (χ3v) is 8.50. The number of ketones is 1. The normalized spacial score (nSPS) is 12.0. The molecule has 52 heavy (non-hydrogen) atoms. The van der Waals surface area contributed by atoms with Crippen molar-refractivity contribution in [2.24, 2.45) is 5.14 Å². The number of hydrogen-bond acceptors (Lipinski definition) is 14. The highest BCUT2D eigenvalue weighted by Crippen LogP contribution is 2.29. The van der Waals surface area contributed by atoms with E-state index in [1.165, 1.54) is 25.3 Å². The van der Waals surface area contributed by atoms with E-state index in [0.717, 1.165) is 11.0 Å². The second-order valence-corrected chi connectivity index (χ2v) is 14.1. The standard InChI is InChI=1S/C33H37Cl2N3O13S/c1-20(28(39)21-7-5-8-22(34)15-21)38(33(2,3)4)32(43)51-19-50-31(42)30(41)49-14-12-46-11-13-48-29(40)24-16-27(52(36,44)45)25(35)17-26(24)37-18-23-9-6-10-47-23/h5-10,15-17,20,37H,11-14,18-19H2,1-4H3,(H2,36,44,45). The van der Waals surface area contributed by atoms with Crippen molar-refractivity contribution >= 4 is 68.7 Å². The molecule has 3 aromatic rings. The maximum absolute atomic E-state index is 13.0. The van der Waals surface area contributed by atoms with Crippen LogP contribution in [0, 0.1) is 0 Å². The Morgan fingerprint density at radius 3 is 2.19 bits per heavy atom. The van der Waals surface area contributed by atoms with Crippen LogP contribution in [0.1, 0.15) is 54.2 Å². The zero-order chi connectivity index (χ0) is 38.6. The quantitative estimate of drug-likeness (QED) is 0.0508. The molecule has 0 aliphatic heterocycles. The average molecular weight is 787 g/mol. The summed E-state index contributed by atoms with van der Waals surface area (Å²) < 4.78 is 54.0. The summed E-state index contributed by atoms with van der Waals surface area (Å²) in [6, 6.07) is 10.8. The van der Waals surface area contributed by atoms with Crippen LogP contribution in [-0.2, 0) is 49.8 Å². The monoisotopic (exact) mass is 785 g/mol. The Hall–Kier alpha value is -4.68. The molecule has 282 valence electrons. The molecule has 1 unspecified atom stereocenters. The van der Waals surface area contributed by atoms with Gasteiger partial charge in [0.2, 0.25) is 16.8 Å². The van der Waals surface area contributed by atoms with Gasteiger partial charge in [-0.05, 0) is 64.1 Å². The lowest BCUT2D eigenvalue weighted by Gasteiger charge is -2.38. The number of anilines is 1. The minimum atomic E-state index is -4.27. The van der Waals surface area contributed by atoms with E-state index in [4.69, 9.17) is 51.7 Å². The molecule has 1 amide bonds. The van der Waals surface area contributed by atoms with Crippen LogP contribution in [0.25, 0.3) is 0 Å². The van der Waals surface area contributed by atoms with E-state index in [1.807, 2.05) is 0 Å². The first-order valence-electron chi connectivity index (χ1n) is 15.4. The van der Waals surface area contributed by atoms with E-state index < -0.39 is 69.7 Å². The van der Waals surface area contributed by atoms with Crippen LogP contribution in [0.2, 0.25) is 10.0 Å². The molecular formula is C33H37Cl2N3O13S. The van der Waals surface area contributed by atoms with Crippen molar-refractivity contribution in [1.29, 1.82) is 0 Å². The first-order valence-corrected chi connectivity index (χ1v) is 17.7. The molecule has 3 rings (SSSR count). The molecule has 3 N–H and O–H groups in total. The lowest BCUT2D eigenvalue weighted by molar-refractivity contribution is -0.173. The van der Waals surface area contributed by atoms with Crippen LogP contribution in [0.5, 0.6) is 0 Å². The number of hydrogen-bond donors (Lipinski definition) is 2. The summed E-state index contributed by atoms with van der Waals surface area (Å²) in [5, 5.41) is 8.27. The molecule has 2 aromatic carbocycles. The van der Waals surface area contributed by atoms with Crippen molar-refractivity contribution in [3.05, 3.63) is 81.7 Å². The summed E-state index contributed by atoms with van der Waals surface area (Å²) in [6.45, 7) is 4.68.